The molecule has 0 aliphatic carbocycles. The zero-order chi connectivity index (χ0) is 12.4. The third-order valence-corrected chi connectivity index (χ3v) is 2.47. The molecule has 3 heteroatoms. The molecule has 2 N–H and O–H groups in total. The van der Waals surface area contributed by atoms with E-state index < -0.39 is 0 Å². The first kappa shape index (κ1) is 14.9. The molecule has 0 aliphatic rings. The molecule has 0 aromatic rings. The van der Waals surface area contributed by atoms with Crippen LogP contribution in [-0.4, -0.2) is 19.6 Å². The van der Waals surface area contributed by atoms with Crippen molar-refractivity contribution < 1.29 is 9.53 Å². The lowest BCUT2D eigenvalue weighted by molar-refractivity contribution is -0.134. The van der Waals surface area contributed by atoms with E-state index in [0.29, 0.717) is 12.5 Å². The first-order chi connectivity index (χ1) is 7.60. The molecule has 0 aromatic heterocycles. The van der Waals surface area contributed by atoms with E-state index in [4.69, 9.17) is 5.73 Å². The van der Waals surface area contributed by atoms with Crippen molar-refractivity contribution in [2.75, 3.05) is 13.7 Å². The van der Waals surface area contributed by atoms with Crippen LogP contribution in [0.5, 0.6) is 0 Å². The Balaban J connectivity index is 3.71. The van der Waals surface area contributed by atoms with Crippen LogP contribution in [0.3, 0.4) is 0 Å². The minimum absolute atomic E-state index is 0.286. The number of allylic oxidation sites excluding steroid dienone is 2. The Morgan fingerprint density at radius 1 is 1.50 bits per heavy atom. The maximum Gasteiger partial charge on any atom is 0.330 e. The van der Waals surface area contributed by atoms with E-state index in [1.165, 1.54) is 18.8 Å². The molecule has 1 atom stereocenters. The lowest BCUT2D eigenvalue weighted by Gasteiger charge is -2.06. The van der Waals surface area contributed by atoms with Crippen molar-refractivity contribution in [2.45, 2.75) is 33.1 Å². The highest BCUT2D eigenvalue weighted by Gasteiger charge is 1.99. The van der Waals surface area contributed by atoms with Gasteiger partial charge in [0.05, 0.1) is 7.11 Å². The van der Waals surface area contributed by atoms with E-state index in [1.807, 2.05) is 13.0 Å². The summed E-state index contributed by atoms with van der Waals surface area (Å²) in [7, 11) is 1.39. The summed E-state index contributed by atoms with van der Waals surface area (Å²) in [5, 5.41) is 0. The standard InChI is InChI=1S/C13H23NO2/c1-11(6-4-8-12(2)10-14)7-5-9-13(15)16-3/h5,8-9,11H,4,6-7,10,14H2,1-3H3/b9-5+,12-8+. The minimum atomic E-state index is -0.286. The van der Waals surface area contributed by atoms with Crippen LogP contribution in [0, 0.1) is 5.92 Å². The van der Waals surface area contributed by atoms with Gasteiger partial charge in [0.25, 0.3) is 0 Å². The number of nitrogens with two attached hydrogens (primary N) is 1. The highest BCUT2D eigenvalue weighted by atomic mass is 16.5. The molecule has 0 heterocycles. The van der Waals surface area contributed by atoms with Crippen LogP contribution in [0.1, 0.15) is 33.1 Å². The summed E-state index contributed by atoms with van der Waals surface area (Å²) in [5.74, 6) is 0.286. The van der Waals surface area contributed by atoms with Crippen LogP contribution in [-0.2, 0) is 9.53 Å². The SMILES string of the molecule is COC(=O)/C=C/CC(C)CC/C=C(\C)CN. The van der Waals surface area contributed by atoms with Gasteiger partial charge in [0, 0.05) is 12.6 Å². The van der Waals surface area contributed by atoms with Crippen molar-refractivity contribution in [2.24, 2.45) is 11.7 Å². The fraction of sp³-hybridized carbons (Fsp3) is 0.615. The Morgan fingerprint density at radius 2 is 2.19 bits per heavy atom. The average molecular weight is 225 g/mol. The van der Waals surface area contributed by atoms with Crippen molar-refractivity contribution >= 4 is 5.97 Å². The van der Waals surface area contributed by atoms with Crippen LogP contribution in [0.25, 0.3) is 0 Å². The van der Waals surface area contributed by atoms with E-state index in [-0.39, 0.29) is 5.97 Å². The number of ether oxygens (including phenoxy) is 1. The second-order valence-electron chi connectivity index (χ2n) is 4.10. The first-order valence-corrected chi connectivity index (χ1v) is 5.70. The van der Waals surface area contributed by atoms with Crippen LogP contribution in [0.4, 0.5) is 0 Å². The predicted octanol–water partition coefficient (Wildman–Crippen LogP) is 2.43. The molecule has 0 saturated heterocycles. The van der Waals surface area contributed by atoms with Crippen LogP contribution in [0.2, 0.25) is 0 Å². The quantitative estimate of drug-likeness (QED) is 0.411. The number of hydrogen-bond donors (Lipinski definition) is 1. The van der Waals surface area contributed by atoms with Gasteiger partial charge in [-0.25, -0.2) is 4.79 Å². The Kier molecular flexibility index (Phi) is 8.53. The molecule has 0 spiro atoms. The summed E-state index contributed by atoms with van der Waals surface area (Å²) in [6, 6.07) is 0. The van der Waals surface area contributed by atoms with Gasteiger partial charge in [-0.05, 0) is 32.1 Å². The molecule has 0 fully saturated rings. The van der Waals surface area contributed by atoms with E-state index in [2.05, 4.69) is 17.7 Å². The lowest BCUT2D eigenvalue weighted by Crippen LogP contribution is -2.00. The molecular formula is C13H23NO2. The van der Waals surface area contributed by atoms with E-state index >= 15 is 0 Å². The van der Waals surface area contributed by atoms with Crippen molar-refractivity contribution in [1.82, 2.24) is 0 Å². The van der Waals surface area contributed by atoms with Gasteiger partial charge in [-0.15, -0.1) is 0 Å². The zero-order valence-electron chi connectivity index (χ0n) is 10.5. The van der Waals surface area contributed by atoms with E-state index in [0.717, 1.165) is 19.3 Å². The maximum atomic E-state index is 10.8. The van der Waals surface area contributed by atoms with E-state index in [9.17, 15) is 4.79 Å². The molecule has 3 nitrogen and oxygen atoms in total. The van der Waals surface area contributed by atoms with Crippen molar-refractivity contribution in [3.63, 3.8) is 0 Å². The van der Waals surface area contributed by atoms with Crippen molar-refractivity contribution in [3.05, 3.63) is 23.8 Å². The number of methoxy groups -OCH3 is 1. The maximum absolute atomic E-state index is 10.8. The molecule has 1 unspecified atom stereocenters. The molecule has 0 amide bonds. The fourth-order valence-electron chi connectivity index (χ4n) is 1.28. The summed E-state index contributed by atoms with van der Waals surface area (Å²) in [5.41, 5.74) is 6.72. The summed E-state index contributed by atoms with van der Waals surface area (Å²) in [4.78, 5) is 10.8. The molecule has 0 aliphatic heterocycles. The van der Waals surface area contributed by atoms with Gasteiger partial charge in [-0.2, -0.15) is 0 Å². The van der Waals surface area contributed by atoms with E-state index in [1.54, 1.807) is 0 Å². The predicted molar refractivity (Wildman–Crippen MR) is 67.0 cm³/mol. The molecule has 92 valence electrons. The normalized spacial score (nSPS) is 14.1. The van der Waals surface area contributed by atoms with Gasteiger partial charge in [-0.3, -0.25) is 0 Å². The molecule has 0 rings (SSSR count). The second kappa shape index (κ2) is 9.16. The minimum Gasteiger partial charge on any atom is -0.466 e. The molecule has 0 radical (unpaired) electrons. The molecule has 0 saturated carbocycles. The number of rotatable bonds is 7. The highest BCUT2D eigenvalue weighted by molar-refractivity contribution is 5.81. The smallest absolute Gasteiger partial charge is 0.330 e. The number of carbonyl (C=O) groups is 1. The number of esters is 1. The topological polar surface area (TPSA) is 52.3 Å². The fourth-order valence-corrected chi connectivity index (χ4v) is 1.28. The third-order valence-electron chi connectivity index (χ3n) is 2.47. The van der Waals surface area contributed by atoms with Gasteiger partial charge in [0.1, 0.15) is 0 Å². The van der Waals surface area contributed by atoms with Gasteiger partial charge >= 0.3 is 5.97 Å². The van der Waals surface area contributed by atoms with Gasteiger partial charge in [-0.1, -0.05) is 24.6 Å². The molecule has 16 heavy (non-hydrogen) atoms. The lowest BCUT2D eigenvalue weighted by atomic mass is 10.0. The Labute approximate surface area is 98.4 Å². The molecule has 0 bridgehead atoms. The Morgan fingerprint density at radius 3 is 2.75 bits per heavy atom. The Hall–Kier alpha value is -1.09. The van der Waals surface area contributed by atoms with Gasteiger partial charge < -0.3 is 10.5 Å². The van der Waals surface area contributed by atoms with Gasteiger partial charge in [0.2, 0.25) is 0 Å². The van der Waals surface area contributed by atoms with Crippen LogP contribution < -0.4 is 5.73 Å². The molecule has 0 aromatic carbocycles. The third kappa shape index (κ3) is 8.24. The number of hydrogen-bond acceptors (Lipinski definition) is 3. The molecular weight excluding hydrogens is 202 g/mol. The zero-order valence-corrected chi connectivity index (χ0v) is 10.5. The van der Waals surface area contributed by atoms with Crippen LogP contribution >= 0.6 is 0 Å². The van der Waals surface area contributed by atoms with Gasteiger partial charge in [0.15, 0.2) is 0 Å². The summed E-state index contributed by atoms with van der Waals surface area (Å²) in [6.45, 7) is 4.85. The van der Waals surface area contributed by atoms with Crippen molar-refractivity contribution in [1.29, 1.82) is 0 Å². The monoisotopic (exact) mass is 225 g/mol. The average Bonchev–Trinajstić information content (AvgIpc) is 2.28. The van der Waals surface area contributed by atoms with Crippen LogP contribution in [0.15, 0.2) is 23.8 Å². The summed E-state index contributed by atoms with van der Waals surface area (Å²) < 4.78 is 4.51. The second-order valence-corrected chi connectivity index (χ2v) is 4.10. The number of carbonyl (C=O) groups excluding carboxylic acids is 1. The largest absolute Gasteiger partial charge is 0.466 e. The first-order valence-electron chi connectivity index (χ1n) is 5.70. The highest BCUT2D eigenvalue weighted by Crippen LogP contribution is 2.12. The summed E-state index contributed by atoms with van der Waals surface area (Å²) >= 11 is 0. The Bertz CT molecular complexity index is 257. The summed E-state index contributed by atoms with van der Waals surface area (Å²) in [6.07, 6.45) is 8.61. The van der Waals surface area contributed by atoms with Crippen molar-refractivity contribution in [3.8, 4) is 0 Å².